The summed E-state index contributed by atoms with van der Waals surface area (Å²) in [6.45, 7) is 0.452. The summed E-state index contributed by atoms with van der Waals surface area (Å²) in [5, 5.41) is 2.98. The molecule has 0 atom stereocenters. The lowest BCUT2D eigenvalue weighted by Gasteiger charge is -2.08. The first-order valence-corrected chi connectivity index (χ1v) is 8.05. The maximum atomic E-state index is 12.2. The molecule has 0 fully saturated rings. The maximum absolute atomic E-state index is 12.2. The highest BCUT2D eigenvalue weighted by Gasteiger charge is 2.23. The molecule has 1 aliphatic carbocycles. The number of nitrogens with one attached hydrogen (secondary N) is 2. The molecule has 23 heavy (non-hydrogen) atoms. The summed E-state index contributed by atoms with van der Waals surface area (Å²) in [5.41, 5.74) is 4.72. The highest BCUT2D eigenvalue weighted by molar-refractivity contribution is 5.77. The summed E-state index contributed by atoms with van der Waals surface area (Å²) in [4.78, 5) is 19.9. The Kier molecular flexibility index (Phi) is 3.58. The molecule has 116 valence electrons. The smallest absolute Gasteiger partial charge is 0.220 e. The van der Waals surface area contributed by atoms with Gasteiger partial charge in [-0.3, -0.25) is 4.79 Å². The van der Waals surface area contributed by atoms with Crippen LogP contribution in [-0.2, 0) is 24.2 Å². The molecule has 0 radical (unpaired) electrons. The van der Waals surface area contributed by atoms with Crippen LogP contribution in [0.25, 0.3) is 11.0 Å². The molecule has 3 aromatic rings. The minimum absolute atomic E-state index is 0.100. The van der Waals surface area contributed by atoms with E-state index in [1.54, 1.807) is 0 Å². The molecule has 0 bridgehead atoms. The molecule has 2 aromatic carbocycles. The lowest BCUT2D eigenvalue weighted by Crippen LogP contribution is -2.25. The van der Waals surface area contributed by atoms with Crippen LogP contribution in [0.5, 0.6) is 0 Å². The third kappa shape index (κ3) is 2.97. The number of amides is 1. The van der Waals surface area contributed by atoms with Crippen LogP contribution in [0.15, 0.2) is 48.5 Å². The van der Waals surface area contributed by atoms with Crippen molar-refractivity contribution in [2.24, 2.45) is 5.92 Å². The molecule has 1 aromatic heterocycles. The molecule has 0 saturated heterocycles. The Morgan fingerprint density at radius 1 is 1.09 bits per heavy atom. The average Bonchev–Trinajstić information content (AvgIpc) is 3.15. The SMILES string of the molecule is O=C(CC1Cc2ccccc2C1)NCc1nc2ccccc2[nH]1. The fourth-order valence-corrected chi connectivity index (χ4v) is 3.40. The number of imidazole rings is 1. The lowest BCUT2D eigenvalue weighted by molar-refractivity contribution is -0.122. The number of benzene rings is 2. The number of fused-ring (bicyclic) bond motifs is 2. The predicted octanol–water partition coefficient (Wildman–Crippen LogP) is 2.98. The predicted molar refractivity (Wildman–Crippen MR) is 89.9 cm³/mol. The molecule has 1 heterocycles. The summed E-state index contributed by atoms with van der Waals surface area (Å²) in [7, 11) is 0. The monoisotopic (exact) mass is 305 g/mol. The molecule has 0 saturated carbocycles. The average molecular weight is 305 g/mol. The second-order valence-electron chi connectivity index (χ2n) is 6.22. The number of para-hydroxylation sites is 2. The summed E-state index contributed by atoms with van der Waals surface area (Å²) in [6.07, 6.45) is 2.59. The molecular formula is C19H19N3O. The molecule has 1 aliphatic rings. The van der Waals surface area contributed by atoms with Crippen molar-refractivity contribution in [1.82, 2.24) is 15.3 Å². The molecule has 0 spiro atoms. The van der Waals surface area contributed by atoms with Crippen molar-refractivity contribution in [1.29, 1.82) is 0 Å². The van der Waals surface area contributed by atoms with Crippen molar-refractivity contribution in [3.05, 3.63) is 65.5 Å². The summed E-state index contributed by atoms with van der Waals surface area (Å²) >= 11 is 0. The van der Waals surface area contributed by atoms with E-state index in [9.17, 15) is 4.79 Å². The van der Waals surface area contributed by atoms with E-state index in [1.165, 1.54) is 11.1 Å². The number of hydrogen-bond acceptors (Lipinski definition) is 2. The van der Waals surface area contributed by atoms with Gasteiger partial charge >= 0.3 is 0 Å². The zero-order chi connectivity index (χ0) is 15.6. The van der Waals surface area contributed by atoms with Gasteiger partial charge in [0.05, 0.1) is 17.6 Å². The van der Waals surface area contributed by atoms with Gasteiger partial charge in [0, 0.05) is 6.42 Å². The van der Waals surface area contributed by atoms with Gasteiger partial charge in [-0.25, -0.2) is 4.98 Å². The van der Waals surface area contributed by atoms with Gasteiger partial charge in [0.25, 0.3) is 0 Å². The summed E-state index contributed by atoms with van der Waals surface area (Å²) in [6, 6.07) is 16.4. The van der Waals surface area contributed by atoms with E-state index in [0.29, 0.717) is 18.9 Å². The number of aromatic amines is 1. The second kappa shape index (κ2) is 5.88. The quantitative estimate of drug-likeness (QED) is 0.778. The number of carbonyl (C=O) groups is 1. The van der Waals surface area contributed by atoms with Crippen LogP contribution >= 0.6 is 0 Å². The van der Waals surface area contributed by atoms with Crippen LogP contribution in [0.4, 0.5) is 0 Å². The van der Waals surface area contributed by atoms with Crippen molar-refractivity contribution in [2.45, 2.75) is 25.8 Å². The first kappa shape index (κ1) is 14.0. The molecule has 0 unspecified atom stereocenters. The van der Waals surface area contributed by atoms with E-state index in [-0.39, 0.29) is 5.91 Å². The molecule has 0 aliphatic heterocycles. The number of H-pyrrole nitrogens is 1. The Labute approximate surface area is 134 Å². The van der Waals surface area contributed by atoms with Crippen LogP contribution in [0.2, 0.25) is 0 Å². The van der Waals surface area contributed by atoms with Gasteiger partial charge in [-0.2, -0.15) is 0 Å². The third-order valence-corrected chi connectivity index (χ3v) is 4.50. The first-order chi connectivity index (χ1) is 11.3. The van der Waals surface area contributed by atoms with Gasteiger partial charge in [-0.1, -0.05) is 36.4 Å². The number of hydrogen-bond donors (Lipinski definition) is 2. The van der Waals surface area contributed by atoms with E-state index in [4.69, 9.17) is 0 Å². The highest BCUT2D eigenvalue weighted by atomic mass is 16.1. The van der Waals surface area contributed by atoms with Crippen LogP contribution in [-0.4, -0.2) is 15.9 Å². The standard InChI is InChI=1S/C19H19N3O/c23-19(11-13-9-14-5-1-2-6-15(14)10-13)20-12-18-21-16-7-3-4-8-17(16)22-18/h1-8,13H,9-12H2,(H,20,23)(H,21,22). The topological polar surface area (TPSA) is 57.8 Å². The minimum atomic E-state index is 0.100. The van der Waals surface area contributed by atoms with E-state index in [0.717, 1.165) is 29.7 Å². The van der Waals surface area contributed by atoms with Gasteiger partial charge in [0.1, 0.15) is 5.82 Å². The van der Waals surface area contributed by atoms with Crippen LogP contribution in [0.1, 0.15) is 23.4 Å². The molecular weight excluding hydrogens is 286 g/mol. The fraction of sp³-hybridized carbons (Fsp3) is 0.263. The Hall–Kier alpha value is -2.62. The Balaban J connectivity index is 1.32. The summed E-state index contributed by atoms with van der Waals surface area (Å²) in [5.74, 6) is 1.32. The number of rotatable bonds is 4. The summed E-state index contributed by atoms with van der Waals surface area (Å²) < 4.78 is 0. The Bertz CT molecular complexity index is 794. The van der Waals surface area contributed by atoms with Gasteiger partial charge in [0.15, 0.2) is 0 Å². The molecule has 4 heteroatoms. The van der Waals surface area contributed by atoms with Crippen LogP contribution in [0.3, 0.4) is 0 Å². The molecule has 1 amide bonds. The van der Waals surface area contributed by atoms with Gasteiger partial charge in [-0.15, -0.1) is 0 Å². The fourth-order valence-electron chi connectivity index (χ4n) is 3.40. The largest absolute Gasteiger partial charge is 0.349 e. The molecule has 2 N–H and O–H groups in total. The van der Waals surface area contributed by atoms with Gasteiger partial charge in [-0.05, 0) is 42.0 Å². The molecule has 4 nitrogen and oxygen atoms in total. The van der Waals surface area contributed by atoms with E-state index >= 15 is 0 Å². The normalized spacial score (nSPS) is 14.1. The molecule has 4 rings (SSSR count). The maximum Gasteiger partial charge on any atom is 0.220 e. The van der Waals surface area contributed by atoms with Crippen molar-refractivity contribution >= 4 is 16.9 Å². The zero-order valence-electron chi connectivity index (χ0n) is 12.9. The van der Waals surface area contributed by atoms with Crippen molar-refractivity contribution in [2.75, 3.05) is 0 Å². The Morgan fingerprint density at radius 3 is 2.52 bits per heavy atom. The number of aromatic nitrogens is 2. The van der Waals surface area contributed by atoms with Crippen LogP contribution < -0.4 is 5.32 Å². The van der Waals surface area contributed by atoms with Crippen molar-refractivity contribution in [3.63, 3.8) is 0 Å². The van der Waals surface area contributed by atoms with E-state index in [2.05, 4.69) is 39.6 Å². The Morgan fingerprint density at radius 2 is 1.78 bits per heavy atom. The third-order valence-electron chi connectivity index (χ3n) is 4.50. The highest BCUT2D eigenvalue weighted by Crippen LogP contribution is 2.28. The van der Waals surface area contributed by atoms with Gasteiger partial charge < -0.3 is 10.3 Å². The van der Waals surface area contributed by atoms with Gasteiger partial charge in [0.2, 0.25) is 5.91 Å². The minimum Gasteiger partial charge on any atom is -0.349 e. The van der Waals surface area contributed by atoms with Crippen molar-refractivity contribution in [3.8, 4) is 0 Å². The number of nitrogens with zero attached hydrogens (tertiary/aromatic N) is 1. The first-order valence-electron chi connectivity index (χ1n) is 8.05. The number of carbonyl (C=O) groups excluding carboxylic acids is 1. The van der Waals surface area contributed by atoms with E-state index in [1.807, 2.05) is 24.3 Å². The van der Waals surface area contributed by atoms with Crippen molar-refractivity contribution < 1.29 is 4.79 Å². The van der Waals surface area contributed by atoms with Crippen LogP contribution in [0, 0.1) is 5.92 Å². The zero-order valence-corrected chi connectivity index (χ0v) is 12.9. The lowest BCUT2D eigenvalue weighted by atomic mass is 10.0. The van der Waals surface area contributed by atoms with E-state index < -0.39 is 0 Å². The second-order valence-corrected chi connectivity index (χ2v) is 6.22.